The van der Waals surface area contributed by atoms with Crippen LogP contribution in [0.4, 0.5) is 0 Å². The van der Waals surface area contributed by atoms with Crippen molar-refractivity contribution >= 4 is 0 Å². The quantitative estimate of drug-likeness (QED) is 0.890. The van der Waals surface area contributed by atoms with E-state index < -0.39 is 0 Å². The molecule has 4 nitrogen and oxygen atoms in total. The number of aromatic nitrogens is 2. The molecule has 1 unspecified atom stereocenters. The SMILES string of the molecule is COC(c1nc(C2CCCC2)cc(=O)[nH]1)C1CC1. The summed E-state index contributed by atoms with van der Waals surface area (Å²) in [4.78, 5) is 19.3. The molecule has 1 N–H and O–H groups in total. The van der Waals surface area contributed by atoms with Gasteiger partial charge in [-0.15, -0.1) is 0 Å². The van der Waals surface area contributed by atoms with Crippen molar-refractivity contribution in [2.45, 2.75) is 50.5 Å². The summed E-state index contributed by atoms with van der Waals surface area (Å²) in [5.74, 6) is 1.74. The summed E-state index contributed by atoms with van der Waals surface area (Å²) in [6.07, 6.45) is 7.16. The molecule has 1 heterocycles. The van der Waals surface area contributed by atoms with Crippen LogP contribution in [0.25, 0.3) is 0 Å². The number of aromatic amines is 1. The van der Waals surface area contributed by atoms with E-state index in [1.165, 1.54) is 25.7 Å². The molecule has 3 rings (SSSR count). The van der Waals surface area contributed by atoms with Gasteiger partial charge in [0.15, 0.2) is 0 Å². The predicted molar refractivity (Wildman–Crippen MR) is 68.5 cm³/mol. The van der Waals surface area contributed by atoms with E-state index in [4.69, 9.17) is 4.74 Å². The second-order valence-corrected chi connectivity index (χ2v) is 5.53. The van der Waals surface area contributed by atoms with Crippen molar-refractivity contribution < 1.29 is 4.74 Å². The molecule has 0 radical (unpaired) electrons. The van der Waals surface area contributed by atoms with Gasteiger partial charge in [0, 0.05) is 19.1 Å². The number of rotatable bonds is 4. The zero-order valence-electron chi connectivity index (χ0n) is 10.8. The first-order valence-electron chi connectivity index (χ1n) is 6.92. The lowest BCUT2D eigenvalue weighted by molar-refractivity contribution is 0.0767. The minimum absolute atomic E-state index is 0.0287. The van der Waals surface area contributed by atoms with Gasteiger partial charge in [0.05, 0.1) is 5.69 Å². The molecule has 2 fully saturated rings. The molecule has 18 heavy (non-hydrogen) atoms. The number of H-pyrrole nitrogens is 1. The van der Waals surface area contributed by atoms with Crippen LogP contribution < -0.4 is 5.56 Å². The van der Waals surface area contributed by atoms with Gasteiger partial charge in [-0.2, -0.15) is 0 Å². The van der Waals surface area contributed by atoms with Gasteiger partial charge in [-0.25, -0.2) is 4.98 Å². The van der Waals surface area contributed by atoms with Crippen molar-refractivity contribution in [2.75, 3.05) is 7.11 Å². The van der Waals surface area contributed by atoms with Crippen molar-refractivity contribution in [2.24, 2.45) is 5.92 Å². The fourth-order valence-electron chi connectivity index (χ4n) is 2.99. The molecule has 2 aliphatic rings. The van der Waals surface area contributed by atoms with Gasteiger partial charge in [0.2, 0.25) is 0 Å². The van der Waals surface area contributed by atoms with Crippen LogP contribution in [-0.4, -0.2) is 17.1 Å². The Morgan fingerprint density at radius 1 is 1.33 bits per heavy atom. The fourth-order valence-corrected chi connectivity index (χ4v) is 2.99. The van der Waals surface area contributed by atoms with Crippen LogP contribution >= 0.6 is 0 Å². The molecule has 1 aromatic heterocycles. The van der Waals surface area contributed by atoms with Crippen molar-refractivity contribution in [1.82, 2.24) is 9.97 Å². The molecule has 1 atom stereocenters. The number of methoxy groups -OCH3 is 1. The second-order valence-electron chi connectivity index (χ2n) is 5.53. The first-order chi connectivity index (χ1) is 8.78. The highest BCUT2D eigenvalue weighted by Crippen LogP contribution is 2.42. The number of hydrogen-bond donors (Lipinski definition) is 1. The van der Waals surface area contributed by atoms with Crippen molar-refractivity contribution in [3.8, 4) is 0 Å². The lowest BCUT2D eigenvalue weighted by Crippen LogP contribution is -2.18. The van der Waals surface area contributed by atoms with Crippen LogP contribution in [0.15, 0.2) is 10.9 Å². The molecule has 0 bridgehead atoms. The Bertz CT molecular complexity index is 473. The Kier molecular flexibility index (Phi) is 3.20. The lowest BCUT2D eigenvalue weighted by Gasteiger charge is -2.16. The van der Waals surface area contributed by atoms with Gasteiger partial charge in [-0.1, -0.05) is 12.8 Å². The maximum Gasteiger partial charge on any atom is 0.251 e. The van der Waals surface area contributed by atoms with E-state index >= 15 is 0 Å². The van der Waals surface area contributed by atoms with Gasteiger partial charge < -0.3 is 9.72 Å². The average Bonchev–Trinajstić information content (AvgIpc) is 3.04. The van der Waals surface area contributed by atoms with Crippen molar-refractivity contribution in [3.63, 3.8) is 0 Å². The molecule has 0 saturated heterocycles. The van der Waals surface area contributed by atoms with Gasteiger partial charge >= 0.3 is 0 Å². The molecule has 0 aliphatic heterocycles. The molecular formula is C14H20N2O2. The van der Waals surface area contributed by atoms with Crippen LogP contribution in [0.5, 0.6) is 0 Å². The molecule has 1 aromatic rings. The summed E-state index contributed by atoms with van der Waals surface area (Å²) in [5, 5.41) is 0. The number of hydrogen-bond acceptors (Lipinski definition) is 3. The number of nitrogens with zero attached hydrogens (tertiary/aromatic N) is 1. The minimum Gasteiger partial charge on any atom is -0.373 e. The average molecular weight is 248 g/mol. The Balaban J connectivity index is 1.91. The van der Waals surface area contributed by atoms with Gasteiger partial charge in [0.25, 0.3) is 5.56 Å². The largest absolute Gasteiger partial charge is 0.373 e. The summed E-state index contributed by atoms with van der Waals surface area (Å²) in [6.45, 7) is 0. The molecule has 0 spiro atoms. The molecule has 2 saturated carbocycles. The standard InChI is InChI=1S/C14H20N2O2/c1-18-13(10-6-7-10)14-15-11(8-12(17)16-14)9-4-2-3-5-9/h8-10,13H,2-7H2,1H3,(H,15,16,17). The Hall–Kier alpha value is -1.16. The summed E-state index contributed by atoms with van der Waals surface area (Å²) in [6, 6.07) is 1.67. The zero-order valence-corrected chi connectivity index (χ0v) is 10.8. The molecule has 4 heteroatoms. The highest BCUT2D eigenvalue weighted by molar-refractivity contribution is 5.12. The van der Waals surface area contributed by atoms with Gasteiger partial charge in [-0.3, -0.25) is 4.79 Å². The summed E-state index contributed by atoms with van der Waals surface area (Å²) in [5.41, 5.74) is 0.929. The van der Waals surface area contributed by atoms with Crippen molar-refractivity contribution in [1.29, 1.82) is 0 Å². The second kappa shape index (κ2) is 4.84. The van der Waals surface area contributed by atoms with Gasteiger partial charge in [-0.05, 0) is 31.6 Å². The van der Waals surface area contributed by atoms with Crippen LogP contribution in [0.2, 0.25) is 0 Å². The zero-order chi connectivity index (χ0) is 12.5. The molecule has 0 amide bonds. The highest BCUT2D eigenvalue weighted by atomic mass is 16.5. The number of ether oxygens (including phenoxy) is 1. The van der Waals surface area contributed by atoms with Crippen LogP contribution in [-0.2, 0) is 4.74 Å². The normalized spacial score (nSPS) is 22.3. The first-order valence-corrected chi connectivity index (χ1v) is 6.92. The third kappa shape index (κ3) is 2.34. The third-order valence-electron chi connectivity index (χ3n) is 4.13. The van der Waals surface area contributed by atoms with Crippen LogP contribution in [0.1, 0.15) is 62.1 Å². The van der Waals surface area contributed by atoms with Crippen molar-refractivity contribution in [3.05, 3.63) is 27.9 Å². The lowest BCUT2D eigenvalue weighted by atomic mass is 10.0. The van der Waals surface area contributed by atoms with E-state index in [0.717, 1.165) is 24.4 Å². The number of nitrogens with one attached hydrogen (secondary N) is 1. The highest BCUT2D eigenvalue weighted by Gasteiger charge is 2.34. The van der Waals surface area contributed by atoms with E-state index in [1.807, 2.05) is 0 Å². The monoisotopic (exact) mass is 248 g/mol. The Morgan fingerprint density at radius 3 is 2.67 bits per heavy atom. The van der Waals surface area contributed by atoms with Crippen LogP contribution in [0.3, 0.4) is 0 Å². The fraction of sp³-hybridized carbons (Fsp3) is 0.714. The molecular weight excluding hydrogens is 228 g/mol. The maximum atomic E-state index is 11.8. The third-order valence-corrected chi connectivity index (χ3v) is 4.13. The molecule has 0 aromatic carbocycles. The summed E-state index contributed by atoms with van der Waals surface area (Å²) >= 11 is 0. The smallest absolute Gasteiger partial charge is 0.251 e. The van der Waals surface area contributed by atoms with E-state index in [2.05, 4.69) is 9.97 Å². The van der Waals surface area contributed by atoms with E-state index in [-0.39, 0.29) is 11.7 Å². The Morgan fingerprint density at radius 2 is 2.06 bits per heavy atom. The predicted octanol–water partition coefficient (Wildman–Crippen LogP) is 2.53. The van der Waals surface area contributed by atoms with Gasteiger partial charge in [0.1, 0.15) is 11.9 Å². The topological polar surface area (TPSA) is 55.0 Å². The summed E-state index contributed by atoms with van der Waals surface area (Å²) in [7, 11) is 1.70. The van der Waals surface area contributed by atoms with Crippen LogP contribution in [0, 0.1) is 5.92 Å². The Labute approximate surface area is 107 Å². The van der Waals surface area contributed by atoms with E-state index in [1.54, 1.807) is 13.2 Å². The molecule has 98 valence electrons. The van der Waals surface area contributed by atoms with E-state index in [9.17, 15) is 4.79 Å². The first kappa shape index (κ1) is 11.9. The minimum atomic E-state index is -0.0374. The summed E-state index contributed by atoms with van der Waals surface area (Å²) < 4.78 is 5.50. The maximum absolute atomic E-state index is 11.8. The molecule has 2 aliphatic carbocycles. The van der Waals surface area contributed by atoms with E-state index in [0.29, 0.717) is 11.8 Å².